The van der Waals surface area contributed by atoms with Crippen LogP contribution in [0.2, 0.25) is 0 Å². The number of carbonyl (C=O) groups excluding carboxylic acids is 1. The number of fused-ring (bicyclic) bond motifs is 1. The number of amides is 1. The van der Waals surface area contributed by atoms with Crippen molar-refractivity contribution in [3.05, 3.63) is 42.2 Å². The van der Waals surface area contributed by atoms with Gasteiger partial charge >= 0.3 is 6.09 Å². The molecule has 23 heavy (non-hydrogen) atoms. The van der Waals surface area contributed by atoms with Gasteiger partial charge in [-0.25, -0.2) is 4.79 Å². The van der Waals surface area contributed by atoms with E-state index in [9.17, 15) is 4.79 Å². The summed E-state index contributed by atoms with van der Waals surface area (Å²) >= 11 is 0. The summed E-state index contributed by atoms with van der Waals surface area (Å²) in [7, 11) is 0. The Morgan fingerprint density at radius 1 is 1.17 bits per heavy atom. The summed E-state index contributed by atoms with van der Waals surface area (Å²) in [6.07, 6.45) is 7.03. The molecule has 0 saturated carbocycles. The molecule has 0 aliphatic carbocycles. The minimum absolute atomic E-state index is 0.303. The fraction of sp³-hybridized carbons (Fsp3) is 0.389. The van der Waals surface area contributed by atoms with Crippen molar-refractivity contribution in [3.8, 4) is 0 Å². The van der Waals surface area contributed by atoms with Gasteiger partial charge in [-0.3, -0.25) is 14.9 Å². The molecular formula is C18H21N3O2. The van der Waals surface area contributed by atoms with Crippen LogP contribution in [0.1, 0.15) is 39.2 Å². The molecule has 5 nitrogen and oxygen atoms in total. The van der Waals surface area contributed by atoms with Crippen LogP contribution in [0, 0.1) is 0 Å². The Kier molecular flexibility index (Phi) is 4.03. The Labute approximate surface area is 136 Å². The second kappa shape index (κ2) is 5.99. The number of allylic oxidation sites excluding steroid dienone is 1. The fourth-order valence-electron chi connectivity index (χ4n) is 2.62. The molecule has 2 heterocycles. The van der Waals surface area contributed by atoms with E-state index in [0.29, 0.717) is 6.54 Å². The summed E-state index contributed by atoms with van der Waals surface area (Å²) in [4.78, 5) is 22.8. The number of nitrogens with zero attached hydrogens (tertiary/aromatic N) is 3. The third kappa shape index (κ3) is 3.50. The first kappa shape index (κ1) is 15.5. The predicted molar refractivity (Wildman–Crippen MR) is 89.7 cm³/mol. The van der Waals surface area contributed by atoms with Crippen molar-refractivity contribution < 1.29 is 9.53 Å². The van der Waals surface area contributed by atoms with E-state index in [1.807, 2.05) is 39.0 Å². The minimum Gasteiger partial charge on any atom is -0.443 e. The monoisotopic (exact) mass is 311 g/mol. The highest BCUT2D eigenvalue weighted by molar-refractivity contribution is 5.86. The smallest absolute Gasteiger partial charge is 0.414 e. The second-order valence-electron chi connectivity index (χ2n) is 6.62. The van der Waals surface area contributed by atoms with E-state index in [2.05, 4.69) is 16.0 Å². The lowest BCUT2D eigenvalue weighted by molar-refractivity contribution is 0.0347. The number of benzene rings is 1. The number of aromatic nitrogens is 2. The SMILES string of the molecule is CC(C)(C)OC(=O)N1CCCC=C1c1ccc2nccnc2c1. The molecule has 0 fully saturated rings. The van der Waals surface area contributed by atoms with E-state index < -0.39 is 5.60 Å². The Balaban J connectivity index is 1.94. The summed E-state index contributed by atoms with van der Waals surface area (Å²) in [5.41, 5.74) is 3.01. The molecule has 3 rings (SSSR count). The number of carbonyl (C=O) groups is 1. The van der Waals surface area contributed by atoms with E-state index in [-0.39, 0.29) is 6.09 Å². The van der Waals surface area contributed by atoms with Crippen LogP contribution in [-0.4, -0.2) is 33.1 Å². The lowest BCUT2D eigenvalue weighted by atomic mass is 10.0. The lowest BCUT2D eigenvalue weighted by Gasteiger charge is -2.31. The second-order valence-corrected chi connectivity index (χ2v) is 6.62. The Morgan fingerprint density at radius 2 is 1.91 bits per heavy atom. The fourth-order valence-corrected chi connectivity index (χ4v) is 2.62. The molecule has 0 bridgehead atoms. The minimum atomic E-state index is -0.505. The van der Waals surface area contributed by atoms with Crippen LogP contribution < -0.4 is 0 Å². The lowest BCUT2D eigenvalue weighted by Crippen LogP contribution is -2.37. The maximum Gasteiger partial charge on any atom is 0.414 e. The molecule has 1 aliphatic rings. The van der Waals surface area contributed by atoms with E-state index in [1.54, 1.807) is 17.3 Å². The van der Waals surface area contributed by atoms with Crippen molar-refractivity contribution >= 4 is 22.8 Å². The Hall–Kier alpha value is -2.43. The van der Waals surface area contributed by atoms with Crippen molar-refractivity contribution in [2.24, 2.45) is 0 Å². The van der Waals surface area contributed by atoms with Gasteiger partial charge in [0.2, 0.25) is 0 Å². The molecule has 1 aliphatic heterocycles. The number of hydrogen-bond donors (Lipinski definition) is 0. The van der Waals surface area contributed by atoms with E-state index in [1.165, 1.54) is 0 Å². The number of rotatable bonds is 1. The van der Waals surface area contributed by atoms with Crippen LogP contribution in [0.25, 0.3) is 16.7 Å². The summed E-state index contributed by atoms with van der Waals surface area (Å²) in [6, 6.07) is 5.88. The van der Waals surface area contributed by atoms with Gasteiger partial charge in [0.15, 0.2) is 0 Å². The average molecular weight is 311 g/mol. The molecule has 0 spiro atoms. The molecule has 0 N–H and O–H groups in total. The number of ether oxygens (including phenoxy) is 1. The maximum absolute atomic E-state index is 12.5. The van der Waals surface area contributed by atoms with Crippen molar-refractivity contribution in [3.63, 3.8) is 0 Å². The average Bonchev–Trinajstić information content (AvgIpc) is 2.53. The summed E-state index contributed by atoms with van der Waals surface area (Å²) in [5, 5.41) is 0. The molecule has 2 aromatic rings. The molecule has 0 radical (unpaired) electrons. The van der Waals surface area contributed by atoms with Gasteiger partial charge < -0.3 is 4.74 Å². The van der Waals surface area contributed by atoms with Gasteiger partial charge in [0, 0.05) is 24.5 Å². The van der Waals surface area contributed by atoms with Crippen LogP contribution in [0.4, 0.5) is 4.79 Å². The molecule has 1 aromatic carbocycles. The predicted octanol–water partition coefficient (Wildman–Crippen LogP) is 4.00. The molecule has 1 aromatic heterocycles. The molecule has 0 unspecified atom stereocenters. The van der Waals surface area contributed by atoms with E-state index in [4.69, 9.17) is 4.74 Å². The molecule has 0 saturated heterocycles. The van der Waals surface area contributed by atoms with Crippen LogP contribution in [0.15, 0.2) is 36.7 Å². The molecule has 1 amide bonds. The molecule has 5 heteroatoms. The van der Waals surface area contributed by atoms with Gasteiger partial charge in [-0.15, -0.1) is 0 Å². The highest BCUT2D eigenvalue weighted by Gasteiger charge is 2.27. The largest absolute Gasteiger partial charge is 0.443 e. The highest BCUT2D eigenvalue weighted by Crippen LogP contribution is 2.28. The van der Waals surface area contributed by atoms with Gasteiger partial charge in [0.1, 0.15) is 5.60 Å². The number of hydrogen-bond acceptors (Lipinski definition) is 4. The summed E-state index contributed by atoms with van der Waals surface area (Å²) < 4.78 is 5.53. The first-order valence-electron chi connectivity index (χ1n) is 7.86. The zero-order valence-electron chi connectivity index (χ0n) is 13.7. The standard InChI is InChI=1S/C18H21N3O2/c1-18(2,3)23-17(22)21-11-5-4-6-16(21)13-7-8-14-15(12-13)20-10-9-19-14/h6-10,12H,4-5,11H2,1-3H3. The summed E-state index contributed by atoms with van der Waals surface area (Å²) in [5.74, 6) is 0. The topological polar surface area (TPSA) is 55.3 Å². The van der Waals surface area contributed by atoms with Crippen LogP contribution in [-0.2, 0) is 4.74 Å². The van der Waals surface area contributed by atoms with Crippen molar-refractivity contribution in [1.29, 1.82) is 0 Å². The van der Waals surface area contributed by atoms with Gasteiger partial charge in [-0.05, 0) is 45.7 Å². The zero-order valence-corrected chi connectivity index (χ0v) is 13.7. The van der Waals surface area contributed by atoms with Crippen molar-refractivity contribution in [2.75, 3.05) is 6.54 Å². The van der Waals surface area contributed by atoms with Gasteiger partial charge in [-0.1, -0.05) is 12.1 Å². The quantitative estimate of drug-likeness (QED) is 0.798. The third-order valence-corrected chi connectivity index (χ3v) is 3.59. The van der Waals surface area contributed by atoms with Gasteiger partial charge in [0.25, 0.3) is 0 Å². The Morgan fingerprint density at radius 3 is 2.65 bits per heavy atom. The van der Waals surface area contributed by atoms with Gasteiger partial charge in [0.05, 0.1) is 16.7 Å². The first-order chi connectivity index (χ1) is 10.9. The molecule has 0 atom stereocenters. The molecular weight excluding hydrogens is 290 g/mol. The summed E-state index contributed by atoms with van der Waals surface area (Å²) in [6.45, 7) is 6.30. The van der Waals surface area contributed by atoms with Gasteiger partial charge in [-0.2, -0.15) is 0 Å². The van der Waals surface area contributed by atoms with Crippen molar-refractivity contribution in [2.45, 2.75) is 39.2 Å². The van der Waals surface area contributed by atoms with Crippen LogP contribution in [0.3, 0.4) is 0 Å². The van der Waals surface area contributed by atoms with E-state index in [0.717, 1.165) is 35.1 Å². The maximum atomic E-state index is 12.5. The zero-order chi connectivity index (χ0) is 16.4. The van der Waals surface area contributed by atoms with Crippen LogP contribution in [0.5, 0.6) is 0 Å². The molecule has 120 valence electrons. The highest BCUT2D eigenvalue weighted by atomic mass is 16.6. The Bertz CT molecular complexity index is 762. The van der Waals surface area contributed by atoms with E-state index >= 15 is 0 Å². The third-order valence-electron chi connectivity index (χ3n) is 3.59. The van der Waals surface area contributed by atoms with Crippen LogP contribution >= 0.6 is 0 Å². The normalized spacial score (nSPS) is 15.4. The first-order valence-corrected chi connectivity index (χ1v) is 7.86. The van der Waals surface area contributed by atoms with Crippen molar-refractivity contribution in [1.82, 2.24) is 14.9 Å².